The van der Waals surface area contributed by atoms with Crippen molar-refractivity contribution in [2.24, 2.45) is 0 Å². The van der Waals surface area contributed by atoms with Crippen molar-refractivity contribution < 1.29 is 8.42 Å². The molecule has 2 rings (SSSR count). The Labute approximate surface area is 125 Å². The van der Waals surface area contributed by atoms with Crippen LogP contribution in [0.4, 0.5) is 5.82 Å². The molecule has 0 spiro atoms. The minimum Gasteiger partial charge on any atom is -0.370 e. The number of nitrogens with zero attached hydrogens (tertiary/aromatic N) is 1. The molecule has 21 heavy (non-hydrogen) atoms. The smallest absolute Gasteiger partial charge is 0.242 e. The monoisotopic (exact) mass is 305 g/mol. The Bertz CT molecular complexity index is 670. The van der Waals surface area contributed by atoms with Gasteiger partial charge in [-0.1, -0.05) is 30.3 Å². The summed E-state index contributed by atoms with van der Waals surface area (Å²) in [5.74, 6) is 0.660. The first-order chi connectivity index (χ1) is 10.0. The summed E-state index contributed by atoms with van der Waals surface area (Å²) in [6.07, 6.45) is 1.36. The second kappa shape index (κ2) is 6.69. The second-order valence-electron chi connectivity index (χ2n) is 4.66. The summed E-state index contributed by atoms with van der Waals surface area (Å²) < 4.78 is 27.3. The van der Waals surface area contributed by atoms with Crippen molar-refractivity contribution in [3.8, 4) is 0 Å². The highest BCUT2D eigenvalue weighted by Gasteiger charge is 2.18. The normalized spacial score (nSPS) is 12.9. The molecule has 1 heterocycles. The lowest BCUT2D eigenvalue weighted by Gasteiger charge is -2.14. The van der Waals surface area contributed by atoms with Crippen LogP contribution in [0.3, 0.4) is 0 Å². The third-order valence-corrected chi connectivity index (χ3v) is 4.56. The Kier molecular flexibility index (Phi) is 4.93. The Morgan fingerprint density at radius 3 is 2.43 bits per heavy atom. The molecule has 0 fully saturated rings. The van der Waals surface area contributed by atoms with Crippen molar-refractivity contribution >= 4 is 15.8 Å². The lowest BCUT2D eigenvalue weighted by molar-refractivity contribution is 0.566. The summed E-state index contributed by atoms with van der Waals surface area (Å²) in [5, 5.41) is 3.03. The molecule has 0 saturated carbocycles. The van der Waals surface area contributed by atoms with Gasteiger partial charge >= 0.3 is 0 Å². The summed E-state index contributed by atoms with van der Waals surface area (Å²) in [6, 6.07) is 12.3. The SMILES string of the molecule is CCNc1ccc(S(=O)(=O)NC(C)c2ccccc2)cn1. The zero-order chi connectivity index (χ0) is 15.3. The zero-order valence-corrected chi connectivity index (χ0v) is 12.9. The van der Waals surface area contributed by atoms with Gasteiger partial charge in [0, 0.05) is 18.8 Å². The molecule has 1 aromatic carbocycles. The number of rotatable bonds is 6. The third kappa shape index (κ3) is 4.03. The van der Waals surface area contributed by atoms with Crippen LogP contribution < -0.4 is 10.0 Å². The van der Waals surface area contributed by atoms with Crippen LogP contribution in [0.1, 0.15) is 25.5 Å². The molecule has 2 N–H and O–H groups in total. The van der Waals surface area contributed by atoms with E-state index >= 15 is 0 Å². The van der Waals surface area contributed by atoms with Crippen LogP contribution in [0.25, 0.3) is 0 Å². The molecular formula is C15H19N3O2S. The van der Waals surface area contributed by atoms with E-state index in [0.29, 0.717) is 5.82 Å². The number of anilines is 1. The molecule has 1 aromatic heterocycles. The van der Waals surface area contributed by atoms with Gasteiger partial charge in [0.1, 0.15) is 10.7 Å². The van der Waals surface area contributed by atoms with Crippen LogP contribution in [0.15, 0.2) is 53.6 Å². The first kappa shape index (κ1) is 15.5. The molecule has 0 aliphatic rings. The summed E-state index contributed by atoms with van der Waals surface area (Å²) in [7, 11) is -3.58. The van der Waals surface area contributed by atoms with Gasteiger partial charge in [-0.25, -0.2) is 18.1 Å². The van der Waals surface area contributed by atoms with Gasteiger partial charge in [-0.2, -0.15) is 0 Å². The van der Waals surface area contributed by atoms with Crippen LogP contribution in [-0.4, -0.2) is 19.9 Å². The molecule has 0 bridgehead atoms. The number of benzene rings is 1. The largest absolute Gasteiger partial charge is 0.370 e. The number of sulfonamides is 1. The number of pyridine rings is 1. The summed E-state index contributed by atoms with van der Waals surface area (Å²) >= 11 is 0. The number of hydrogen-bond acceptors (Lipinski definition) is 4. The highest BCUT2D eigenvalue weighted by Crippen LogP contribution is 2.17. The summed E-state index contributed by atoms with van der Waals surface area (Å²) in [6.45, 7) is 4.51. The van der Waals surface area contributed by atoms with E-state index in [1.807, 2.05) is 44.2 Å². The first-order valence-corrected chi connectivity index (χ1v) is 8.28. The van der Waals surface area contributed by atoms with E-state index in [0.717, 1.165) is 12.1 Å². The van der Waals surface area contributed by atoms with Crippen LogP contribution in [0.5, 0.6) is 0 Å². The lowest BCUT2D eigenvalue weighted by atomic mass is 10.1. The predicted molar refractivity (Wildman–Crippen MR) is 83.6 cm³/mol. The Hall–Kier alpha value is -1.92. The first-order valence-electron chi connectivity index (χ1n) is 6.80. The van der Waals surface area contributed by atoms with E-state index in [4.69, 9.17) is 0 Å². The zero-order valence-electron chi connectivity index (χ0n) is 12.1. The van der Waals surface area contributed by atoms with E-state index in [1.54, 1.807) is 12.1 Å². The molecule has 112 valence electrons. The molecule has 1 unspecified atom stereocenters. The van der Waals surface area contributed by atoms with Gasteiger partial charge in [0.2, 0.25) is 10.0 Å². The van der Waals surface area contributed by atoms with Gasteiger partial charge < -0.3 is 5.32 Å². The average molecular weight is 305 g/mol. The highest BCUT2D eigenvalue weighted by molar-refractivity contribution is 7.89. The molecule has 0 aliphatic carbocycles. The minimum absolute atomic E-state index is 0.159. The maximum atomic E-state index is 12.3. The molecule has 1 atom stereocenters. The Morgan fingerprint density at radius 2 is 1.86 bits per heavy atom. The van der Waals surface area contributed by atoms with Crippen molar-refractivity contribution in [3.63, 3.8) is 0 Å². The van der Waals surface area contributed by atoms with Crippen molar-refractivity contribution in [2.45, 2.75) is 24.8 Å². The predicted octanol–water partition coefficient (Wildman–Crippen LogP) is 2.55. The minimum atomic E-state index is -3.58. The van der Waals surface area contributed by atoms with E-state index in [1.165, 1.54) is 6.20 Å². The van der Waals surface area contributed by atoms with E-state index in [-0.39, 0.29) is 10.9 Å². The fraction of sp³-hybridized carbons (Fsp3) is 0.267. The van der Waals surface area contributed by atoms with Crippen molar-refractivity contribution in [1.29, 1.82) is 0 Å². The van der Waals surface area contributed by atoms with Crippen LogP contribution in [0, 0.1) is 0 Å². The molecule has 6 heteroatoms. The van der Waals surface area contributed by atoms with Gasteiger partial charge in [0.25, 0.3) is 0 Å². The van der Waals surface area contributed by atoms with E-state index < -0.39 is 10.0 Å². The topological polar surface area (TPSA) is 71.1 Å². The van der Waals surface area contributed by atoms with Gasteiger partial charge in [-0.3, -0.25) is 0 Å². The number of hydrogen-bond donors (Lipinski definition) is 2. The highest BCUT2D eigenvalue weighted by atomic mass is 32.2. The molecule has 2 aromatic rings. The lowest BCUT2D eigenvalue weighted by Crippen LogP contribution is -2.27. The molecule has 0 radical (unpaired) electrons. The van der Waals surface area contributed by atoms with Gasteiger partial charge in [0.15, 0.2) is 0 Å². The molecule has 0 aliphatic heterocycles. The fourth-order valence-electron chi connectivity index (χ4n) is 1.94. The summed E-state index contributed by atoms with van der Waals surface area (Å²) in [4.78, 5) is 4.24. The number of aromatic nitrogens is 1. The molecular weight excluding hydrogens is 286 g/mol. The Balaban J connectivity index is 2.14. The fourth-order valence-corrected chi connectivity index (χ4v) is 3.11. The van der Waals surface area contributed by atoms with Gasteiger partial charge in [-0.05, 0) is 31.5 Å². The Morgan fingerprint density at radius 1 is 1.14 bits per heavy atom. The van der Waals surface area contributed by atoms with Crippen molar-refractivity contribution in [1.82, 2.24) is 9.71 Å². The second-order valence-corrected chi connectivity index (χ2v) is 6.38. The molecule has 0 amide bonds. The van der Waals surface area contributed by atoms with E-state index in [2.05, 4.69) is 15.0 Å². The van der Waals surface area contributed by atoms with Crippen LogP contribution in [0.2, 0.25) is 0 Å². The van der Waals surface area contributed by atoms with Gasteiger partial charge in [-0.15, -0.1) is 0 Å². The molecule has 0 saturated heterocycles. The maximum Gasteiger partial charge on any atom is 0.242 e. The third-order valence-electron chi connectivity index (χ3n) is 3.04. The maximum absolute atomic E-state index is 12.3. The van der Waals surface area contributed by atoms with Crippen molar-refractivity contribution in [3.05, 3.63) is 54.2 Å². The standard InChI is InChI=1S/C15H19N3O2S/c1-3-16-15-10-9-14(11-17-15)21(19,20)18-12(2)13-7-5-4-6-8-13/h4-12,18H,3H2,1-2H3,(H,16,17). The summed E-state index contributed by atoms with van der Waals surface area (Å²) in [5.41, 5.74) is 0.915. The van der Waals surface area contributed by atoms with Crippen molar-refractivity contribution in [2.75, 3.05) is 11.9 Å². The van der Waals surface area contributed by atoms with Gasteiger partial charge in [0.05, 0.1) is 0 Å². The molecule has 5 nitrogen and oxygen atoms in total. The number of nitrogens with one attached hydrogen (secondary N) is 2. The van der Waals surface area contributed by atoms with Crippen LogP contribution >= 0.6 is 0 Å². The van der Waals surface area contributed by atoms with E-state index in [9.17, 15) is 8.42 Å². The van der Waals surface area contributed by atoms with Crippen LogP contribution in [-0.2, 0) is 10.0 Å². The average Bonchev–Trinajstić information content (AvgIpc) is 2.48. The quantitative estimate of drug-likeness (QED) is 0.860.